The van der Waals surface area contributed by atoms with Crippen LogP contribution in [-0.4, -0.2) is 21.9 Å². The molecule has 43 heavy (non-hydrogen) atoms. The summed E-state index contributed by atoms with van der Waals surface area (Å²) in [5.41, 5.74) is 8.07. The van der Waals surface area contributed by atoms with E-state index in [0.717, 1.165) is 41.5 Å². The van der Waals surface area contributed by atoms with Gasteiger partial charge in [-0.05, 0) is 76.3 Å². The van der Waals surface area contributed by atoms with Gasteiger partial charge in [-0.2, -0.15) is 0 Å². The van der Waals surface area contributed by atoms with Crippen LogP contribution in [0, 0.1) is 5.92 Å². The van der Waals surface area contributed by atoms with Crippen molar-refractivity contribution in [2.75, 3.05) is 0 Å². The van der Waals surface area contributed by atoms with Gasteiger partial charge in [0.05, 0.1) is 18.0 Å². The van der Waals surface area contributed by atoms with Crippen LogP contribution in [0.1, 0.15) is 50.6 Å². The molecule has 0 saturated carbocycles. The fraction of sp³-hybridized carbons (Fsp3) is 0.179. The summed E-state index contributed by atoms with van der Waals surface area (Å²) in [5, 5.41) is 9.28. The number of benzene rings is 5. The first-order valence-electron chi connectivity index (χ1n) is 14.9. The summed E-state index contributed by atoms with van der Waals surface area (Å²) in [5.74, 6) is -0.551. The van der Waals surface area contributed by atoms with Crippen LogP contribution in [0.25, 0.3) is 11.1 Å². The largest absolute Gasteiger partial charge is 0.478 e. The van der Waals surface area contributed by atoms with E-state index in [1.54, 1.807) is 12.1 Å². The highest BCUT2D eigenvalue weighted by atomic mass is 16.4. The van der Waals surface area contributed by atoms with Crippen molar-refractivity contribution in [2.45, 2.75) is 38.3 Å². The first kappa shape index (κ1) is 28.2. The van der Waals surface area contributed by atoms with Crippen LogP contribution in [0.4, 0.5) is 0 Å². The molecule has 5 aromatic rings. The van der Waals surface area contributed by atoms with Crippen molar-refractivity contribution in [3.8, 4) is 11.1 Å². The fourth-order valence-electron chi connectivity index (χ4n) is 6.42. The number of carbonyl (C=O) groups excluding carboxylic acids is 1. The maximum Gasteiger partial charge on any atom is 0.335 e. The highest BCUT2D eigenvalue weighted by Crippen LogP contribution is 2.41. The summed E-state index contributed by atoms with van der Waals surface area (Å²) in [6.07, 6.45) is 3.24. The third kappa shape index (κ3) is 6.60. The minimum Gasteiger partial charge on any atom is -0.478 e. The molecule has 4 heteroatoms. The van der Waals surface area contributed by atoms with Crippen LogP contribution in [0.3, 0.4) is 0 Å². The van der Waals surface area contributed by atoms with Crippen molar-refractivity contribution in [3.05, 3.63) is 167 Å². The molecular formula is C39H35NO3. The van der Waals surface area contributed by atoms with E-state index in [2.05, 4.69) is 71.6 Å². The Morgan fingerprint density at radius 1 is 0.674 bits per heavy atom. The lowest BCUT2D eigenvalue weighted by Crippen LogP contribution is -2.41. The Labute approximate surface area is 253 Å². The van der Waals surface area contributed by atoms with Gasteiger partial charge in [0, 0.05) is 6.54 Å². The molecule has 1 N–H and O–H groups in total. The van der Waals surface area contributed by atoms with Crippen molar-refractivity contribution >= 4 is 11.9 Å². The predicted molar refractivity (Wildman–Crippen MR) is 171 cm³/mol. The molecule has 0 radical (unpaired) electrons. The zero-order valence-corrected chi connectivity index (χ0v) is 24.1. The van der Waals surface area contributed by atoms with Crippen molar-refractivity contribution in [3.63, 3.8) is 0 Å². The van der Waals surface area contributed by atoms with Crippen LogP contribution in [0.5, 0.6) is 0 Å². The average molecular weight is 566 g/mol. The van der Waals surface area contributed by atoms with Gasteiger partial charge in [-0.25, -0.2) is 4.79 Å². The minimum absolute atomic E-state index is 0.0374. The van der Waals surface area contributed by atoms with Crippen molar-refractivity contribution in [2.24, 2.45) is 5.92 Å². The normalized spacial score (nSPS) is 15.8. The first-order valence-corrected chi connectivity index (χ1v) is 14.9. The summed E-state index contributed by atoms with van der Waals surface area (Å²) in [4.78, 5) is 27.9. The van der Waals surface area contributed by atoms with Gasteiger partial charge in [0.1, 0.15) is 0 Å². The lowest BCUT2D eigenvalue weighted by Gasteiger charge is -2.42. The van der Waals surface area contributed by atoms with E-state index in [9.17, 15) is 14.7 Å². The number of hydrogen-bond donors (Lipinski definition) is 1. The summed E-state index contributed by atoms with van der Waals surface area (Å²) in [7, 11) is 0. The molecule has 0 bridgehead atoms. The second-order valence-corrected chi connectivity index (χ2v) is 11.4. The monoisotopic (exact) mass is 565 g/mol. The van der Waals surface area contributed by atoms with Crippen molar-refractivity contribution in [1.82, 2.24) is 4.90 Å². The number of carbonyl (C=O) groups is 2. The number of aryl methyl sites for hydroxylation is 1. The number of nitrogens with zero attached hydrogens (tertiary/aromatic N) is 1. The zero-order chi connectivity index (χ0) is 29.6. The minimum atomic E-state index is -0.945. The molecule has 0 unspecified atom stereocenters. The molecule has 0 saturated heterocycles. The zero-order valence-electron chi connectivity index (χ0n) is 24.1. The molecule has 0 spiro atoms. The quantitative estimate of drug-likeness (QED) is 0.196. The molecule has 0 aliphatic heterocycles. The maximum absolute atomic E-state index is 14.5. The van der Waals surface area contributed by atoms with E-state index < -0.39 is 5.97 Å². The molecule has 1 aliphatic carbocycles. The number of amides is 1. The highest BCUT2D eigenvalue weighted by molar-refractivity contribution is 5.88. The van der Waals surface area contributed by atoms with E-state index in [4.69, 9.17) is 0 Å². The molecule has 0 heterocycles. The SMILES string of the molecule is O=C(O)c1ccc(-c2cccc(CC(=O)N(Cc3ccccc3)[C@@H]3c4ccccc4CC[C@H]3Cc3ccccc3)c2)cc1. The lowest BCUT2D eigenvalue weighted by atomic mass is 9.76. The molecule has 1 aliphatic rings. The van der Waals surface area contributed by atoms with E-state index >= 15 is 0 Å². The third-order valence-corrected chi connectivity index (χ3v) is 8.54. The average Bonchev–Trinajstić information content (AvgIpc) is 3.05. The number of fused-ring (bicyclic) bond motifs is 1. The van der Waals surface area contributed by atoms with Gasteiger partial charge in [0.25, 0.3) is 0 Å². The maximum atomic E-state index is 14.5. The molecule has 214 valence electrons. The molecule has 0 fully saturated rings. The van der Waals surface area contributed by atoms with Crippen LogP contribution >= 0.6 is 0 Å². The number of aromatic carboxylic acids is 1. The van der Waals surface area contributed by atoms with Crippen LogP contribution < -0.4 is 0 Å². The van der Waals surface area contributed by atoms with Crippen molar-refractivity contribution in [1.29, 1.82) is 0 Å². The highest BCUT2D eigenvalue weighted by Gasteiger charge is 2.36. The van der Waals surface area contributed by atoms with E-state index in [1.165, 1.54) is 16.7 Å². The molecular weight excluding hydrogens is 530 g/mol. The van der Waals surface area contributed by atoms with Gasteiger partial charge in [-0.1, -0.05) is 121 Å². The smallest absolute Gasteiger partial charge is 0.335 e. The Hall–Kier alpha value is -4.96. The van der Waals surface area contributed by atoms with Crippen molar-refractivity contribution < 1.29 is 14.7 Å². The van der Waals surface area contributed by atoms with Gasteiger partial charge in [-0.3, -0.25) is 4.79 Å². The van der Waals surface area contributed by atoms with Crippen LogP contribution in [-0.2, 0) is 30.6 Å². The van der Waals surface area contributed by atoms with E-state index in [0.29, 0.717) is 12.5 Å². The Morgan fingerprint density at radius 2 is 1.33 bits per heavy atom. The topological polar surface area (TPSA) is 57.6 Å². The summed E-state index contributed by atoms with van der Waals surface area (Å²) in [6.45, 7) is 0.542. The Bertz CT molecular complexity index is 1700. The van der Waals surface area contributed by atoms with Gasteiger partial charge in [0.15, 0.2) is 0 Å². The van der Waals surface area contributed by atoms with E-state index in [1.807, 2.05) is 54.6 Å². The van der Waals surface area contributed by atoms with Crippen LogP contribution in [0.2, 0.25) is 0 Å². The second-order valence-electron chi connectivity index (χ2n) is 11.4. The van der Waals surface area contributed by atoms with Gasteiger partial charge in [-0.15, -0.1) is 0 Å². The summed E-state index contributed by atoms with van der Waals surface area (Å²) in [6, 6.07) is 44.4. The summed E-state index contributed by atoms with van der Waals surface area (Å²) < 4.78 is 0. The molecule has 1 amide bonds. The molecule has 5 aromatic carbocycles. The Balaban J connectivity index is 1.34. The van der Waals surface area contributed by atoms with Gasteiger partial charge >= 0.3 is 5.97 Å². The van der Waals surface area contributed by atoms with E-state index in [-0.39, 0.29) is 23.9 Å². The van der Waals surface area contributed by atoms with Gasteiger partial charge in [0.2, 0.25) is 5.91 Å². The Kier molecular flexibility index (Phi) is 8.46. The lowest BCUT2D eigenvalue weighted by molar-refractivity contribution is -0.135. The number of carboxylic acids is 1. The molecule has 2 atom stereocenters. The first-order chi connectivity index (χ1) is 21.0. The second kappa shape index (κ2) is 12.9. The molecule has 6 rings (SSSR count). The third-order valence-electron chi connectivity index (χ3n) is 8.54. The number of carboxylic acid groups (broad SMARTS) is 1. The number of rotatable bonds is 9. The Morgan fingerprint density at radius 3 is 2.05 bits per heavy atom. The standard InChI is InChI=1S/C39H35NO3/c41-37(26-30-14-9-16-34(25-30)31-18-21-33(22-19-31)39(42)43)40(27-29-12-5-2-6-13-29)38-35(24-28-10-3-1-4-11-28)23-20-32-15-7-8-17-36(32)38/h1-19,21-22,25,35,38H,20,23-24,26-27H2,(H,42,43)/t35-,38-/m0/s1. The number of hydrogen-bond acceptors (Lipinski definition) is 2. The van der Waals surface area contributed by atoms with Crippen LogP contribution in [0.15, 0.2) is 133 Å². The summed E-state index contributed by atoms with van der Waals surface area (Å²) >= 11 is 0. The molecule has 0 aromatic heterocycles. The predicted octanol–water partition coefficient (Wildman–Crippen LogP) is 8.17. The molecule has 4 nitrogen and oxygen atoms in total. The fourth-order valence-corrected chi connectivity index (χ4v) is 6.42. The van der Waals surface area contributed by atoms with Gasteiger partial charge < -0.3 is 10.0 Å².